The molecule has 0 unspecified atom stereocenters. The van der Waals surface area contributed by atoms with Crippen LogP contribution in [0.4, 0.5) is 4.39 Å². The Hall–Kier alpha value is -0.753. The molecule has 3 nitrogen and oxygen atoms in total. The topological polar surface area (TPSA) is 27.7 Å². The second kappa shape index (κ2) is 11.2. The first-order chi connectivity index (χ1) is 12.4. The predicted octanol–water partition coefficient (Wildman–Crippen LogP) is 5.33. The van der Waals surface area contributed by atoms with Crippen molar-refractivity contribution in [1.29, 1.82) is 0 Å². The normalized spacial score (nSPS) is 21.1. The molecule has 2 rings (SSSR count). The van der Waals surface area contributed by atoms with Crippen LogP contribution in [-0.2, 0) is 13.6 Å². The number of benzene rings is 1. The molecule has 0 amide bonds. The monoisotopic (exact) mass is 382 g/mol. The van der Waals surface area contributed by atoms with Crippen molar-refractivity contribution in [2.75, 3.05) is 6.61 Å². The van der Waals surface area contributed by atoms with Gasteiger partial charge in [-0.3, -0.25) is 0 Å². The zero-order valence-electron chi connectivity index (χ0n) is 16.7. The Morgan fingerprint density at radius 2 is 1.54 bits per heavy atom. The van der Waals surface area contributed by atoms with Gasteiger partial charge >= 0.3 is 9.28 Å². The summed E-state index contributed by atoms with van der Waals surface area (Å²) >= 11 is 0. The molecule has 148 valence electrons. The number of rotatable bonds is 10. The van der Waals surface area contributed by atoms with Gasteiger partial charge in [-0.05, 0) is 89.5 Å². The van der Waals surface area contributed by atoms with Crippen LogP contribution in [0.5, 0.6) is 0 Å². The highest BCUT2D eigenvalue weighted by molar-refractivity contribution is 6.44. The van der Waals surface area contributed by atoms with Crippen molar-refractivity contribution < 1.29 is 18.0 Å². The Labute approximate surface area is 160 Å². The van der Waals surface area contributed by atoms with E-state index < -0.39 is 9.28 Å². The van der Waals surface area contributed by atoms with E-state index in [0.717, 1.165) is 44.8 Å². The summed E-state index contributed by atoms with van der Waals surface area (Å²) in [4.78, 5) is 0. The zero-order chi connectivity index (χ0) is 18.9. The lowest BCUT2D eigenvalue weighted by Gasteiger charge is -2.29. The first kappa shape index (κ1) is 21.5. The number of hydrogen-bond donors (Lipinski definition) is 0. The molecule has 0 atom stereocenters. The van der Waals surface area contributed by atoms with E-state index >= 15 is 0 Å². The van der Waals surface area contributed by atoms with Gasteiger partial charge in [0.2, 0.25) is 0 Å². The summed E-state index contributed by atoms with van der Waals surface area (Å²) in [6.07, 6.45) is 6.27. The van der Waals surface area contributed by atoms with Gasteiger partial charge < -0.3 is 13.6 Å². The van der Waals surface area contributed by atoms with Gasteiger partial charge in [-0.15, -0.1) is 0 Å². The average molecular weight is 383 g/mol. The maximum Gasteiger partial charge on any atom is 0.321 e. The van der Waals surface area contributed by atoms with Crippen LogP contribution in [0.1, 0.15) is 71.3 Å². The molecule has 1 aliphatic rings. The van der Waals surface area contributed by atoms with E-state index in [1.807, 2.05) is 12.1 Å². The minimum atomic E-state index is -1.59. The third-order valence-corrected chi connectivity index (χ3v) is 7.38. The van der Waals surface area contributed by atoms with E-state index in [1.165, 1.54) is 5.56 Å². The molecule has 1 aromatic rings. The van der Waals surface area contributed by atoms with Crippen LogP contribution in [0.2, 0.25) is 6.04 Å². The molecule has 0 spiro atoms. The molecule has 0 bridgehead atoms. The molecular formula is C21H35FO3Si. The van der Waals surface area contributed by atoms with Crippen LogP contribution in [0.15, 0.2) is 24.3 Å². The van der Waals surface area contributed by atoms with Crippen LogP contribution < -0.4 is 0 Å². The van der Waals surface area contributed by atoms with Crippen LogP contribution in [0.3, 0.4) is 0 Å². The predicted molar refractivity (Wildman–Crippen MR) is 106 cm³/mol. The lowest BCUT2D eigenvalue weighted by Crippen LogP contribution is -2.30. The molecule has 0 aromatic heterocycles. The minimum absolute atomic E-state index is 0.157. The summed E-state index contributed by atoms with van der Waals surface area (Å²) in [7, 11) is -1.59. The molecule has 1 aliphatic carbocycles. The third kappa shape index (κ3) is 7.87. The van der Waals surface area contributed by atoms with E-state index in [1.54, 1.807) is 12.1 Å². The Morgan fingerprint density at radius 3 is 2.08 bits per heavy atom. The second-order valence-electron chi connectivity index (χ2n) is 7.84. The largest absolute Gasteiger partial charge is 0.394 e. The summed E-state index contributed by atoms with van der Waals surface area (Å²) in [5, 5.41) is 0. The third-order valence-electron chi connectivity index (χ3n) is 4.80. The highest BCUT2D eigenvalue weighted by atomic mass is 28.3. The van der Waals surface area contributed by atoms with Crippen molar-refractivity contribution in [1.82, 2.24) is 0 Å². The Kier molecular flexibility index (Phi) is 9.26. The van der Waals surface area contributed by atoms with Crippen molar-refractivity contribution in [3.05, 3.63) is 35.6 Å². The second-order valence-corrected chi connectivity index (χ2v) is 9.82. The molecule has 0 aliphatic heterocycles. The number of hydrogen-bond acceptors (Lipinski definition) is 3. The molecule has 0 saturated heterocycles. The fraction of sp³-hybridized carbons (Fsp3) is 0.714. The molecule has 5 heteroatoms. The molecular weight excluding hydrogens is 347 g/mol. The summed E-state index contributed by atoms with van der Waals surface area (Å²) < 4.78 is 31.1. The van der Waals surface area contributed by atoms with Crippen LogP contribution in [0, 0.1) is 5.82 Å². The van der Waals surface area contributed by atoms with Crippen molar-refractivity contribution in [2.45, 2.75) is 90.1 Å². The van der Waals surface area contributed by atoms with E-state index in [2.05, 4.69) is 27.7 Å². The summed E-state index contributed by atoms with van der Waals surface area (Å²) in [5.41, 5.74) is 1.26. The van der Waals surface area contributed by atoms with Crippen LogP contribution >= 0.6 is 0 Å². The Morgan fingerprint density at radius 1 is 0.962 bits per heavy atom. The maximum atomic E-state index is 13.1. The lowest BCUT2D eigenvalue weighted by molar-refractivity contribution is 0.0237. The molecule has 0 N–H and O–H groups in total. The van der Waals surface area contributed by atoms with Gasteiger partial charge in [-0.2, -0.15) is 0 Å². The van der Waals surface area contributed by atoms with Crippen molar-refractivity contribution in [3.8, 4) is 0 Å². The molecule has 0 heterocycles. The van der Waals surface area contributed by atoms with E-state index in [9.17, 15) is 4.39 Å². The van der Waals surface area contributed by atoms with Gasteiger partial charge in [0.15, 0.2) is 0 Å². The van der Waals surface area contributed by atoms with E-state index in [4.69, 9.17) is 13.6 Å². The van der Waals surface area contributed by atoms with Crippen LogP contribution in [-0.4, -0.2) is 34.2 Å². The number of ether oxygens (including phenoxy) is 1. The highest BCUT2D eigenvalue weighted by Crippen LogP contribution is 2.34. The van der Waals surface area contributed by atoms with Gasteiger partial charge in [0.05, 0.1) is 6.10 Å². The first-order valence-corrected chi connectivity index (χ1v) is 11.9. The first-order valence-electron chi connectivity index (χ1n) is 10.1. The average Bonchev–Trinajstić information content (AvgIpc) is 2.59. The molecule has 1 saturated carbocycles. The maximum absolute atomic E-state index is 13.1. The van der Waals surface area contributed by atoms with Gasteiger partial charge in [-0.25, -0.2) is 4.39 Å². The molecule has 1 fully saturated rings. The van der Waals surface area contributed by atoms with E-state index in [0.29, 0.717) is 12.0 Å². The summed E-state index contributed by atoms with van der Waals surface area (Å²) in [5.74, 6) is 0.390. The smallest absolute Gasteiger partial charge is 0.321 e. The van der Waals surface area contributed by atoms with Gasteiger partial charge in [-0.1, -0.05) is 12.1 Å². The fourth-order valence-corrected chi connectivity index (χ4v) is 5.62. The van der Waals surface area contributed by atoms with Gasteiger partial charge in [0.1, 0.15) is 5.82 Å². The van der Waals surface area contributed by atoms with Gasteiger partial charge in [0.25, 0.3) is 0 Å². The fourth-order valence-electron chi connectivity index (χ4n) is 3.57. The minimum Gasteiger partial charge on any atom is -0.394 e. The molecule has 1 aromatic carbocycles. The SMILES string of the molecule is CC(C)O[SiH](CCCOC1CCC(c2ccc(F)cc2)CC1)OC(C)C. The molecule has 0 radical (unpaired) electrons. The Bertz CT molecular complexity index is 488. The number of halogens is 1. The molecule has 26 heavy (non-hydrogen) atoms. The quantitative estimate of drug-likeness (QED) is 0.404. The highest BCUT2D eigenvalue weighted by Gasteiger charge is 2.23. The standard InChI is InChI=1S/C21H35FO3Si/c1-16(2)24-26(25-17(3)4)15-5-14-23-21-12-8-19(9-13-21)18-6-10-20(22)11-7-18/h6-7,10-11,16-17,19,21,26H,5,8-9,12-15H2,1-4H3. The van der Waals surface area contributed by atoms with E-state index in [-0.39, 0.29) is 18.0 Å². The summed E-state index contributed by atoms with van der Waals surface area (Å²) in [6, 6.07) is 7.99. The summed E-state index contributed by atoms with van der Waals surface area (Å²) in [6.45, 7) is 9.07. The Balaban J connectivity index is 1.64. The lowest BCUT2D eigenvalue weighted by atomic mass is 9.83. The van der Waals surface area contributed by atoms with Gasteiger partial charge in [0, 0.05) is 18.8 Å². The zero-order valence-corrected chi connectivity index (χ0v) is 17.9. The van der Waals surface area contributed by atoms with Crippen molar-refractivity contribution in [2.24, 2.45) is 0 Å². The van der Waals surface area contributed by atoms with Crippen molar-refractivity contribution >= 4 is 9.28 Å². The van der Waals surface area contributed by atoms with Crippen molar-refractivity contribution in [3.63, 3.8) is 0 Å². The van der Waals surface area contributed by atoms with Crippen LogP contribution in [0.25, 0.3) is 0 Å².